The van der Waals surface area contributed by atoms with Gasteiger partial charge in [0.2, 0.25) is 11.8 Å². The minimum atomic E-state index is -1.30. The summed E-state index contributed by atoms with van der Waals surface area (Å²) in [6.07, 6.45) is 5.30. The monoisotopic (exact) mass is 571 g/mol. The van der Waals surface area contributed by atoms with Crippen LogP contribution in [0.3, 0.4) is 0 Å². The van der Waals surface area contributed by atoms with E-state index in [4.69, 9.17) is 4.74 Å². The quantitative estimate of drug-likeness (QED) is 0.279. The smallest absolute Gasteiger partial charge is 0.408 e. The number of amides is 3. The van der Waals surface area contributed by atoms with Gasteiger partial charge in [0.15, 0.2) is 0 Å². The molecule has 1 unspecified atom stereocenters. The summed E-state index contributed by atoms with van der Waals surface area (Å²) in [5.41, 5.74) is 1.10. The molecule has 222 valence electrons. The summed E-state index contributed by atoms with van der Waals surface area (Å²) < 4.78 is 7.67. The van der Waals surface area contributed by atoms with Crippen LogP contribution in [-0.4, -0.2) is 62.6 Å². The third-order valence-corrected chi connectivity index (χ3v) is 7.88. The van der Waals surface area contributed by atoms with Crippen LogP contribution in [0.4, 0.5) is 4.79 Å². The number of ether oxygens (including phenoxy) is 1. The lowest BCUT2D eigenvalue weighted by atomic mass is 9.98. The van der Waals surface area contributed by atoms with Crippen molar-refractivity contribution < 1.29 is 19.1 Å². The molecule has 42 heavy (non-hydrogen) atoms. The van der Waals surface area contributed by atoms with Crippen LogP contribution < -0.4 is 10.6 Å². The van der Waals surface area contributed by atoms with Crippen LogP contribution in [0.25, 0.3) is 21.8 Å². The Morgan fingerprint density at radius 2 is 1.67 bits per heavy atom. The number of H-pyrrole nitrogens is 1. The first-order chi connectivity index (χ1) is 19.9. The molecular weight excluding hydrogens is 530 g/mol. The van der Waals surface area contributed by atoms with Crippen LogP contribution in [0.1, 0.15) is 59.1 Å². The predicted molar refractivity (Wildman–Crippen MR) is 164 cm³/mol. The van der Waals surface area contributed by atoms with Crippen molar-refractivity contribution in [3.05, 3.63) is 72.6 Å². The van der Waals surface area contributed by atoms with E-state index in [0.29, 0.717) is 25.6 Å². The maximum absolute atomic E-state index is 14.0. The van der Waals surface area contributed by atoms with Crippen LogP contribution in [0.5, 0.6) is 0 Å². The van der Waals surface area contributed by atoms with Crippen molar-refractivity contribution >= 4 is 39.7 Å². The highest BCUT2D eigenvalue weighted by molar-refractivity contribution is 5.94. The summed E-state index contributed by atoms with van der Waals surface area (Å²) in [4.78, 5) is 45.1. The lowest BCUT2D eigenvalue weighted by Gasteiger charge is -2.36. The predicted octanol–water partition coefficient (Wildman–Crippen LogP) is 5.32. The minimum absolute atomic E-state index is 0.127. The number of piperidine rings is 1. The molecule has 0 aliphatic carbocycles. The molecule has 2 aromatic carbocycles. The van der Waals surface area contributed by atoms with Crippen molar-refractivity contribution in [3.63, 3.8) is 0 Å². The largest absolute Gasteiger partial charge is 0.444 e. The van der Waals surface area contributed by atoms with Crippen molar-refractivity contribution in [2.75, 3.05) is 13.1 Å². The Morgan fingerprint density at radius 1 is 0.976 bits per heavy atom. The van der Waals surface area contributed by atoms with E-state index in [9.17, 15) is 14.4 Å². The molecule has 1 aliphatic rings. The number of fused-ring (bicyclic) bond motifs is 2. The number of carbonyl (C=O) groups excluding carboxylic acids is 3. The van der Waals surface area contributed by atoms with E-state index < -0.39 is 29.2 Å². The zero-order valence-corrected chi connectivity index (χ0v) is 25.1. The fourth-order valence-corrected chi connectivity index (χ4v) is 5.68. The molecule has 4 aromatic rings. The number of carbonyl (C=O) groups is 3. The molecule has 1 aliphatic heterocycles. The Morgan fingerprint density at radius 3 is 2.40 bits per heavy atom. The first-order valence-corrected chi connectivity index (χ1v) is 14.6. The van der Waals surface area contributed by atoms with Gasteiger partial charge in [-0.05, 0) is 76.6 Å². The number of hydrogen-bond acceptors (Lipinski definition) is 4. The van der Waals surface area contributed by atoms with E-state index in [1.54, 1.807) is 34.6 Å². The third kappa shape index (κ3) is 6.45. The zero-order valence-electron chi connectivity index (χ0n) is 25.1. The van der Waals surface area contributed by atoms with Gasteiger partial charge < -0.3 is 29.8 Å². The number of rotatable bonds is 7. The van der Waals surface area contributed by atoms with Gasteiger partial charge in [-0.25, -0.2) is 4.79 Å². The zero-order chi connectivity index (χ0) is 30.1. The molecule has 3 heterocycles. The normalized spacial score (nSPS) is 15.5. The van der Waals surface area contributed by atoms with E-state index in [1.807, 2.05) is 41.4 Å². The van der Waals surface area contributed by atoms with Crippen LogP contribution >= 0.6 is 0 Å². The highest BCUT2D eigenvalue weighted by atomic mass is 16.6. The molecule has 0 radical (unpaired) electrons. The summed E-state index contributed by atoms with van der Waals surface area (Å²) in [5.74, 6) is -0.585. The maximum atomic E-state index is 14.0. The SMILES string of the molecule is CC(C)(C)OC(=O)NC(C)(C)C(=O)NC(Cc1c[nH]c2ccccc12)C(=O)N1CCC(n2ccc3ccccc32)CC1. The molecule has 2 aromatic heterocycles. The first-order valence-electron chi connectivity index (χ1n) is 14.6. The summed E-state index contributed by atoms with van der Waals surface area (Å²) >= 11 is 0. The molecule has 9 heteroatoms. The highest BCUT2D eigenvalue weighted by Crippen LogP contribution is 2.28. The van der Waals surface area contributed by atoms with E-state index in [1.165, 1.54) is 10.9 Å². The number of benzene rings is 2. The van der Waals surface area contributed by atoms with Crippen molar-refractivity contribution in [2.24, 2.45) is 0 Å². The van der Waals surface area contributed by atoms with Gasteiger partial charge in [0.1, 0.15) is 17.2 Å². The topological polar surface area (TPSA) is 108 Å². The Balaban J connectivity index is 1.32. The molecule has 0 bridgehead atoms. The second kappa shape index (κ2) is 11.5. The van der Waals surface area contributed by atoms with Crippen molar-refractivity contribution in [2.45, 2.75) is 77.1 Å². The summed E-state index contributed by atoms with van der Waals surface area (Å²) in [6.45, 7) is 9.68. The summed E-state index contributed by atoms with van der Waals surface area (Å²) in [5, 5.41) is 7.84. The second-order valence-corrected chi connectivity index (χ2v) is 12.7. The molecule has 0 saturated carbocycles. The Bertz CT molecular complexity index is 1590. The van der Waals surface area contributed by atoms with Gasteiger partial charge in [-0.1, -0.05) is 36.4 Å². The number of para-hydroxylation sites is 2. The van der Waals surface area contributed by atoms with Crippen molar-refractivity contribution in [1.82, 2.24) is 25.1 Å². The van der Waals surface area contributed by atoms with Crippen molar-refractivity contribution in [3.8, 4) is 0 Å². The average molecular weight is 572 g/mol. The van der Waals surface area contributed by atoms with E-state index in [-0.39, 0.29) is 5.91 Å². The standard InChI is InChI=1S/C33H41N5O4/c1-32(2,3)42-31(41)36-33(4,5)30(40)35-27(20-23-21-34-26-12-8-7-11-25(23)26)29(39)37-17-15-24(16-18-37)38-19-14-22-10-6-9-13-28(22)38/h6-14,19,21,24,27,34H,15-18,20H2,1-5H3,(H,35,40)(H,36,41). The van der Waals surface area contributed by atoms with E-state index >= 15 is 0 Å². The van der Waals surface area contributed by atoms with Gasteiger partial charge in [0, 0.05) is 54.4 Å². The second-order valence-electron chi connectivity index (χ2n) is 12.7. The molecule has 0 spiro atoms. The fourth-order valence-electron chi connectivity index (χ4n) is 5.68. The van der Waals surface area contributed by atoms with Crippen LogP contribution in [0.15, 0.2) is 67.0 Å². The van der Waals surface area contributed by atoms with Gasteiger partial charge in [-0.3, -0.25) is 9.59 Å². The Labute approximate surface area is 246 Å². The van der Waals surface area contributed by atoms with E-state index in [0.717, 1.165) is 29.3 Å². The molecule has 1 fully saturated rings. The van der Waals surface area contributed by atoms with Crippen LogP contribution in [0, 0.1) is 0 Å². The van der Waals surface area contributed by atoms with Crippen molar-refractivity contribution in [1.29, 1.82) is 0 Å². The van der Waals surface area contributed by atoms with Gasteiger partial charge in [0.05, 0.1) is 0 Å². The molecule has 5 rings (SSSR count). The lowest BCUT2D eigenvalue weighted by molar-refractivity contribution is -0.138. The third-order valence-electron chi connectivity index (χ3n) is 7.88. The van der Waals surface area contributed by atoms with E-state index in [2.05, 4.69) is 50.6 Å². The van der Waals surface area contributed by atoms with Gasteiger partial charge in [-0.15, -0.1) is 0 Å². The number of aromatic nitrogens is 2. The molecular formula is C33H41N5O4. The number of aromatic amines is 1. The molecule has 3 N–H and O–H groups in total. The van der Waals surface area contributed by atoms with Crippen LogP contribution in [0.2, 0.25) is 0 Å². The maximum Gasteiger partial charge on any atom is 0.408 e. The first kappa shape index (κ1) is 29.2. The number of nitrogens with zero attached hydrogens (tertiary/aromatic N) is 2. The van der Waals surface area contributed by atoms with Gasteiger partial charge in [0.25, 0.3) is 0 Å². The van der Waals surface area contributed by atoms with Crippen LogP contribution in [-0.2, 0) is 20.7 Å². The fraction of sp³-hybridized carbons (Fsp3) is 0.424. The minimum Gasteiger partial charge on any atom is -0.444 e. The molecule has 1 saturated heterocycles. The Kier molecular flexibility index (Phi) is 8.03. The molecule has 3 amide bonds. The molecule has 1 atom stereocenters. The van der Waals surface area contributed by atoms with Gasteiger partial charge >= 0.3 is 6.09 Å². The average Bonchev–Trinajstić information content (AvgIpc) is 3.55. The highest BCUT2D eigenvalue weighted by Gasteiger charge is 2.36. The molecule has 9 nitrogen and oxygen atoms in total. The number of alkyl carbamates (subject to hydrolysis) is 1. The Hall–Kier alpha value is -4.27. The number of likely N-dealkylation sites (tertiary alicyclic amines) is 1. The number of nitrogens with one attached hydrogen (secondary N) is 3. The lowest BCUT2D eigenvalue weighted by Crippen LogP contribution is -2.60. The summed E-state index contributed by atoms with van der Waals surface area (Å²) in [7, 11) is 0. The summed E-state index contributed by atoms with van der Waals surface area (Å²) in [6, 6.07) is 17.9. The van der Waals surface area contributed by atoms with Gasteiger partial charge in [-0.2, -0.15) is 0 Å². The number of hydrogen-bond donors (Lipinski definition) is 3.